The predicted molar refractivity (Wildman–Crippen MR) is 91.8 cm³/mol. The first-order valence-corrected chi connectivity index (χ1v) is 8.69. The number of aryl methyl sites for hydroxylation is 1. The van der Waals surface area contributed by atoms with Crippen LogP contribution in [0.3, 0.4) is 0 Å². The lowest BCUT2D eigenvalue weighted by atomic mass is 9.93. The lowest BCUT2D eigenvalue weighted by Gasteiger charge is -2.19. The van der Waals surface area contributed by atoms with Crippen LogP contribution in [0.2, 0.25) is 0 Å². The van der Waals surface area contributed by atoms with Gasteiger partial charge in [0.25, 0.3) is 5.91 Å². The molecule has 1 N–H and O–H groups in total. The Morgan fingerprint density at radius 2 is 2.20 bits per heavy atom. The standard InChI is InChI=1S/C18H23N5O2/c1-22-8-13(6-21-22)9-23-10-16-15(12-25-17(16)11-23)7-20-18(24)14-2-4-19-5-3-14/h2-6,8,15-17H,7,9-12H2,1H3,(H,20,24)/t15-,16+,17+/m0/s1. The zero-order valence-electron chi connectivity index (χ0n) is 14.3. The molecular weight excluding hydrogens is 318 g/mol. The number of amides is 1. The normalized spacial score (nSPS) is 25.9. The van der Waals surface area contributed by atoms with Gasteiger partial charge in [-0.3, -0.25) is 19.4 Å². The topological polar surface area (TPSA) is 72.3 Å². The van der Waals surface area contributed by atoms with Crippen molar-refractivity contribution < 1.29 is 9.53 Å². The lowest BCUT2D eigenvalue weighted by Crippen LogP contribution is -2.34. The predicted octanol–water partition coefficient (Wildman–Crippen LogP) is 0.692. The molecule has 2 aliphatic heterocycles. The third-order valence-corrected chi connectivity index (χ3v) is 5.15. The van der Waals surface area contributed by atoms with E-state index in [1.807, 2.05) is 17.9 Å². The second kappa shape index (κ2) is 6.93. The van der Waals surface area contributed by atoms with Crippen molar-refractivity contribution in [2.75, 3.05) is 26.2 Å². The molecule has 2 fully saturated rings. The van der Waals surface area contributed by atoms with Crippen LogP contribution < -0.4 is 5.32 Å². The quantitative estimate of drug-likeness (QED) is 0.866. The van der Waals surface area contributed by atoms with E-state index in [-0.39, 0.29) is 12.0 Å². The second-order valence-corrected chi connectivity index (χ2v) is 6.96. The summed E-state index contributed by atoms with van der Waals surface area (Å²) in [5.41, 5.74) is 1.88. The minimum Gasteiger partial charge on any atom is -0.376 e. The molecule has 132 valence electrons. The fourth-order valence-corrected chi connectivity index (χ4v) is 3.86. The molecule has 0 bridgehead atoms. The van der Waals surface area contributed by atoms with Gasteiger partial charge in [0, 0.05) is 74.8 Å². The zero-order chi connectivity index (χ0) is 17.2. The van der Waals surface area contributed by atoms with E-state index >= 15 is 0 Å². The van der Waals surface area contributed by atoms with E-state index in [0.717, 1.165) is 26.2 Å². The van der Waals surface area contributed by atoms with Crippen LogP contribution in [0.15, 0.2) is 36.9 Å². The minimum absolute atomic E-state index is 0.0453. The summed E-state index contributed by atoms with van der Waals surface area (Å²) in [5, 5.41) is 7.27. The molecule has 2 aromatic rings. The van der Waals surface area contributed by atoms with Gasteiger partial charge in [-0.05, 0) is 12.1 Å². The fraction of sp³-hybridized carbons (Fsp3) is 0.500. The van der Waals surface area contributed by atoms with Crippen LogP contribution >= 0.6 is 0 Å². The molecule has 0 radical (unpaired) electrons. The molecule has 1 amide bonds. The number of nitrogens with zero attached hydrogens (tertiary/aromatic N) is 4. The molecule has 7 heteroatoms. The molecule has 2 aliphatic rings. The summed E-state index contributed by atoms with van der Waals surface area (Å²) in [4.78, 5) is 18.6. The summed E-state index contributed by atoms with van der Waals surface area (Å²) in [6.45, 7) is 4.25. The van der Waals surface area contributed by atoms with Crippen LogP contribution in [0, 0.1) is 11.8 Å². The van der Waals surface area contributed by atoms with Gasteiger partial charge in [0.2, 0.25) is 0 Å². The molecule has 0 unspecified atom stereocenters. The van der Waals surface area contributed by atoms with Crippen molar-refractivity contribution in [3.8, 4) is 0 Å². The highest BCUT2D eigenvalue weighted by atomic mass is 16.5. The SMILES string of the molecule is Cn1cc(CN2C[C@@H]3[C@@H](CNC(=O)c4ccncc4)CO[C@@H]3C2)cn1. The Morgan fingerprint density at radius 3 is 2.96 bits per heavy atom. The van der Waals surface area contributed by atoms with Crippen LogP contribution in [0.4, 0.5) is 0 Å². The summed E-state index contributed by atoms with van der Waals surface area (Å²) < 4.78 is 7.81. The second-order valence-electron chi connectivity index (χ2n) is 6.96. The van der Waals surface area contributed by atoms with Crippen molar-refractivity contribution in [1.29, 1.82) is 0 Å². The van der Waals surface area contributed by atoms with Gasteiger partial charge in [0.05, 0.1) is 18.9 Å². The number of carbonyl (C=O) groups is 1. The van der Waals surface area contributed by atoms with Crippen molar-refractivity contribution >= 4 is 5.91 Å². The number of pyridine rings is 1. The van der Waals surface area contributed by atoms with E-state index in [4.69, 9.17) is 4.74 Å². The van der Waals surface area contributed by atoms with Crippen molar-refractivity contribution in [1.82, 2.24) is 25.0 Å². The highest BCUT2D eigenvalue weighted by molar-refractivity contribution is 5.93. The van der Waals surface area contributed by atoms with Gasteiger partial charge in [-0.15, -0.1) is 0 Å². The first kappa shape index (κ1) is 16.2. The molecule has 2 saturated heterocycles. The largest absolute Gasteiger partial charge is 0.376 e. The van der Waals surface area contributed by atoms with Gasteiger partial charge < -0.3 is 10.1 Å². The Kier molecular flexibility index (Phi) is 4.50. The average molecular weight is 341 g/mol. The first-order chi connectivity index (χ1) is 12.2. The Bertz CT molecular complexity index is 732. The molecular formula is C18H23N5O2. The fourth-order valence-electron chi connectivity index (χ4n) is 3.86. The highest BCUT2D eigenvalue weighted by Crippen LogP contribution is 2.34. The summed E-state index contributed by atoms with van der Waals surface area (Å²) in [7, 11) is 1.94. The molecule has 0 aliphatic carbocycles. The lowest BCUT2D eigenvalue weighted by molar-refractivity contribution is 0.0903. The van der Waals surface area contributed by atoms with Gasteiger partial charge >= 0.3 is 0 Å². The monoisotopic (exact) mass is 341 g/mol. The Balaban J connectivity index is 1.30. The van der Waals surface area contributed by atoms with Crippen LogP contribution in [0.5, 0.6) is 0 Å². The molecule has 2 aromatic heterocycles. The maximum atomic E-state index is 12.2. The van der Waals surface area contributed by atoms with E-state index in [2.05, 4.69) is 26.5 Å². The van der Waals surface area contributed by atoms with E-state index < -0.39 is 0 Å². The van der Waals surface area contributed by atoms with E-state index in [1.165, 1.54) is 5.56 Å². The number of ether oxygens (including phenoxy) is 1. The van der Waals surface area contributed by atoms with Crippen LogP contribution in [0.1, 0.15) is 15.9 Å². The number of rotatable bonds is 5. The highest BCUT2D eigenvalue weighted by Gasteiger charge is 2.43. The molecule has 0 saturated carbocycles. The van der Waals surface area contributed by atoms with Gasteiger partial charge in [0.1, 0.15) is 0 Å². The number of aromatic nitrogens is 3. The zero-order valence-corrected chi connectivity index (χ0v) is 14.3. The van der Waals surface area contributed by atoms with Crippen molar-refractivity contribution in [3.05, 3.63) is 48.0 Å². The maximum absolute atomic E-state index is 12.2. The van der Waals surface area contributed by atoms with Crippen LogP contribution in [-0.2, 0) is 18.3 Å². The molecule has 4 rings (SSSR count). The number of likely N-dealkylation sites (tertiary alicyclic amines) is 1. The van der Waals surface area contributed by atoms with Gasteiger partial charge in [-0.1, -0.05) is 0 Å². The molecule has 7 nitrogen and oxygen atoms in total. The van der Waals surface area contributed by atoms with Gasteiger partial charge in [-0.25, -0.2) is 0 Å². The van der Waals surface area contributed by atoms with Crippen molar-refractivity contribution in [3.63, 3.8) is 0 Å². The van der Waals surface area contributed by atoms with Crippen molar-refractivity contribution in [2.45, 2.75) is 12.6 Å². The number of hydrogen-bond donors (Lipinski definition) is 1. The third-order valence-electron chi connectivity index (χ3n) is 5.15. The van der Waals surface area contributed by atoms with E-state index in [0.29, 0.717) is 23.9 Å². The Morgan fingerprint density at radius 1 is 1.36 bits per heavy atom. The summed E-state index contributed by atoms with van der Waals surface area (Å²) in [6.07, 6.45) is 7.52. The maximum Gasteiger partial charge on any atom is 0.251 e. The Labute approximate surface area is 147 Å². The van der Waals surface area contributed by atoms with E-state index in [1.54, 1.807) is 24.5 Å². The third kappa shape index (κ3) is 3.57. The first-order valence-electron chi connectivity index (χ1n) is 8.69. The molecule has 0 aromatic carbocycles. The van der Waals surface area contributed by atoms with Crippen molar-refractivity contribution in [2.24, 2.45) is 18.9 Å². The van der Waals surface area contributed by atoms with Gasteiger partial charge in [0.15, 0.2) is 0 Å². The number of fused-ring (bicyclic) bond motifs is 1. The number of nitrogens with one attached hydrogen (secondary N) is 1. The molecule has 4 heterocycles. The molecule has 3 atom stereocenters. The smallest absolute Gasteiger partial charge is 0.251 e. The van der Waals surface area contributed by atoms with Crippen LogP contribution in [-0.4, -0.2) is 57.9 Å². The average Bonchev–Trinajstić information content (AvgIpc) is 3.30. The summed E-state index contributed by atoms with van der Waals surface area (Å²) >= 11 is 0. The Hall–Kier alpha value is -2.25. The molecule has 25 heavy (non-hydrogen) atoms. The number of hydrogen-bond acceptors (Lipinski definition) is 5. The summed E-state index contributed by atoms with van der Waals surface area (Å²) in [5.74, 6) is 0.806. The summed E-state index contributed by atoms with van der Waals surface area (Å²) in [6, 6.07) is 3.46. The molecule has 0 spiro atoms. The van der Waals surface area contributed by atoms with E-state index in [9.17, 15) is 4.79 Å². The number of carbonyl (C=O) groups excluding carboxylic acids is 1. The van der Waals surface area contributed by atoms with Crippen LogP contribution in [0.25, 0.3) is 0 Å². The van der Waals surface area contributed by atoms with Gasteiger partial charge in [-0.2, -0.15) is 5.10 Å². The minimum atomic E-state index is -0.0453.